The van der Waals surface area contributed by atoms with E-state index in [1.54, 1.807) is 6.08 Å². The number of unbranched alkanes of at least 4 members (excludes halogenated alkanes) is 42. The van der Waals surface area contributed by atoms with Gasteiger partial charge in [-0.2, -0.15) is 0 Å². The summed E-state index contributed by atoms with van der Waals surface area (Å²) in [4.78, 5) is 24.5. The zero-order valence-electron chi connectivity index (χ0n) is 46.3. The molecule has 0 spiro atoms. The fourth-order valence-electron chi connectivity index (χ4n) is 9.43. The Kier molecular flexibility index (Phi) is 57.0. The first-order valence-electron chi connectivity index (χ1n) is 30.8. The van der Waals surface area contributed by atoms with Gasteiger partial charge in [0.05, 0.1) is 25.4 Å². The van der Waals surface area contributed by atoms with Gasteiger partial charge in [0.15, 0.2) is 0 Å². The number of rotatable bonds is 57. The molecule has 0 heterocycles. The van der Waals surface area contributed by atoms with Crippen LogP contribution in [0.5, 0.6) is 0 Å². The maximum atomic E-state index is 12.4. The molecule has 6 nitrogen and oxygen atoms in total. The highest BCUT2D eigenvalue weighted by Crippen LogP contribution is 2.17. The lowest BCUT2D eigenvalue weighted by Gasteiger charge is -2.20. The van der Waals surface area contributed by atoms with Crippen molar-refractivity contribution in [2.75, 3.05) is 13.2 Å². The molecule has 0 radical (unpaired) electrons. The molecular weight excluding hydrogens is 851 g/mol. The Morgan fingerprint density at radius 2 is 0.725 bits per heavy atom. The Balaban J connectivity index is 3.37. The van der Waals surface area contributed by atoms with Crippen LogP contribution in [0.25, 0.3) is 0 Å². The van der Waals surface area contributed by atoms with Gasteiger partial charge in [0.2, 0.25) is 5.91 Å². The topological polar surface area (TPSA) is 95.9 Å². The Labute approximate surface area is 430 Å². The fourth-order valence-corrected chi connectivity index (χ4v) is 9.43. The summed E-state index contributed by atoms with van der Waals surface area (Å²) in [5.41, 5.74) is 0. The van der Waals surface area contributed by atoms with E-state index in [0.29, 0.717) is 19.4 Å². The first-order chi connectivity index (χ1) is 34.0. The molecule has 0 rings (SSSR count). The number of hydrogen-bond acceptors (Lipinski definition) is 5. The first kappa shape index (κ1) is 67.1. The summed E-state index contributed by atoms with van der Waals surface area (Å²) in [6, 6.07) is -0.626. The fraction of sp³-hybridized carbons (Fsp3) is 0.873. The van der Waals surface area contributed by atoms with Crippen molar-refractivity contribution in [1.29, 1.82) is 0 Å². The molecule has 0 aliphatic heterocycles. The molecule has 406 valence electrons. The molecule has 1 amide bonds. The molecule has 0 aromatic rings. The minimum Gasteiger partial charge on any atom is -0.466 e. The monoisotopic (exact) mass is 970 g/mol. The van der Waals surface area contributed by atoms with Gasteiger partial charge in [0, 0.05) is 12.8 Å². The van der Waals surface area contributed by atoms with E-state index >= 15 is 0 Å². The molecule has 0 saturated heterocycles. The Bertz CT molecular complexity index is 1120. The van der Waals surface area contributed by atoms with Crippen molar-refractivity contribution in [3.8, 4) is 0 Å². The van der Waals surface area contributed by atoms with Gasteiger partial charge in [-0.15, -0.1) is 0 Å². The smallest absolute Gasteiger partial charge is 0.305 e. The van der Waals surface area contributed by atoms with E-state index in [1.165, 1.54) is 250 Å². The standard InChI is InChI=1S/C63H119NO5/c1-3-5-7-9-11-13-15-16-17-18-27-30-33-37-41-45-49-53-57-63(68)69-58-54-50-46-42-38-34-31-28-25-23-21-19-20-22-24-26-29-32-36-40-44-48-52-56-62(67)64-60(59-65)61(66)55-51-47-43-39-35-14-12-10-8-6-4-2/h13,15,17-18,51,55,60-61,65-66H,3-12,14,16,19-50,52-54,56-59H2,1-2H3,(H,64,67)/b15-13-,18-17-,55-51+. The van der Waals surface area contributed by atoms with Crippen LogP contribution in [0, 0.1) is 0 Å². The van der Waals surface area contributed by atoms with E-state index in [-0.39, 0.29) is 18.5 Å². The Morgan fingerprint density at radius 1 is 0.406 bits per heavy atom. The highest BCUT2D eigenvalue weighted by molar-refractivity contribution is 5.76. The van der Waals surface area contributed by atoms with Gasteiger partial charge in [0.25, 0.3) is 0 Å². The average Bonchev–Trinajstić information content (AvgIpc) is 3.35. The summed E-state index contributed by atoms with van der Waals surface area (Å²) in [5, 5.41) is 23.0. The summed E-state index contributed by atoms with van der Waals surface area (Å²) < 4.78 is 5.49. The zero-order valence-corrected chi connectivity index (χ0v) is 46.3. The quantitative estimate of drug-likeness (QED) is 0.0321. The SMILES string of the molecule is CCCCCC/C=C\C/C=C\CCCCCCCCCC(=O)OCCCCCCCCCCCCCCCCCCCCCCCCCC(=O)NC(CO)C(O)/C=C/CCCCCCCCCCC. The van der Waals surface area contributed by atoms with Crippen molar-refractivity contribution < 1.29 is 24.5 Å². The lowest BCUT2D eigenvalue weighted by Crippen LogP contribution is -2.45. The largest absolute Gasteiger partial charge is 0.466 e. The van der Waals surface area contributed by atoms with Gasteiger partial charge in [-0.3, -0.25) is 9.59 Å². The molecule has 2 atom stereocenters. The number of carbonyl (C=O) groups excluding carboxylic acids is 2. The van der Waals surface area contributed by atoms with Crippen LogP contribution >= 0.6 is 0 Å². The van der Waals surface area contributed by atoms with Crippen LogP contribution < -0.4 is 5.32 Å². The molecule has 6 heteroatoms. The molecule has 0 saturated carbocycles. The summed E-state index contributed by atoms with van der Waals surface area (Å²) in [6.45, 7) is 4.88. The van der Waals surface area contributed by atoms with Crippen molar-refractivity contribution in [3.63, 3.8) is 0 Å². The molecular formula is C63H119NO5. The van der Waals surface area contributed by atoms with Gasteiger partial charge in [0.1, 0.15) is 0 Å². The number of aliphatic hydroxyl groups is 2. The third-order valence-electron chi connectivity index (χ3n) is 14.2. The average molecular weight is 971 g/mol. The summed E-state index contributed by atoms with van der Waals surface area (Å²) >= 11 is 0. The highest BCUT2D eigenvalue weighted by atomic mass is 16.5. The van der Waals surface area contributed by atoms with Gasteiger partial charge < -0.3 is 20.3 Å². The normalized spacial score (nSPS) is 12.8. The molecule has 69 heavy (non-hydrogen) atoms. The number of aliphatic hydroxyl groups excluding tert-OH is 2. The van der Waals surface area contributed by atoms with Crippen LogP contribution in [0.15, 0.2) is 36.5 Å². The van der Waals surface area contributed by atoms with Crippen molar-refractivity contribution in [3.05, 3.63) is 36.5 Å². The van der Waals surface area contributed by atoms with Crippen molar-refractivity contribution in [2.24, 2.45) is 0 Å². The number of carbonyl (C=O) groups is 2. The van der Waals surface area contributed by atoms with Crippen molar-refractivity contribution in [2.45, 2.75) is 341 Å². The number of ether oxygens (including phenoxy) is 1. The number of amides is 1. The molecule has 0 aliphatic rings. The third-order valence-corrected chi connectivity index (χ3v) is 14.2. The van der Waals surface area contributed by atoms with Crippen LogP contribution in [0.3, 0.4) is 0 Å². The second kappa shape index (κ2) is 58.6. The predicted octanol–water partition coefficient (Wildman–Crippen LogP) is 19.2. The molecule has 0 aliphatic carbocycles. The van der Waals surface area contributed by atoms with Crippen molar-refractivity contribution >= 4 is 11.9 Å². The van der Waals surface area contributed by atoms with Crippen LogP contribution in [-0.2, 0) is 14.3 Å². The second-order valence-corrected chi connectivity index (χ2v) is 21.0. The van der Waals surface area contributed by atoms with Gasteiger partial charge in [-0.1, -0.05) is 288 Å². The van der Waals surface area contributed by atoms with Crippen LogP contribution in [0.1, 0.15) is 328 Å². The van der Waals surface area contributed by atoms with Crippen LogP contribution in [-0.4, -0.2) is 47.4 Å². The minimum atomic E-state index is -0.843. The summed E-state index contributed by atoms with van der Waals surface area (Å²) in [7, 11) is 0. The molecule has 0 bridgehead atoms. The number of hydrogen-bond donors (Lipinski definition) is 3. The first-order valence-corrected chi connectivity index (χ1v) is 30.8. The summed E-state index contributed by atoms with van der Waals surface area (Å²) in [5.74, 6) is -0.0619. The van der Waals surface area contributed by atoms with E-state index in [4.69, 9.17) is 4.74 Å². The van der Waals surface area contributed by atoms with Crippen LogP contribution in [0.4, 0.5) is 0 Å². The van der Waals surface area contributed by atoms with Gasteiger partial charge >= 0.3 is 5.97 Å². The Morgan fingerprint density at radius 3 is 1.12 bits per heavy atom. The molecule has 3 N–H and O–H groups in total. The zero-order chi connectivity index (χ0) is 50.0. The van der Waals surface area contributed by atoms with E-state index in [0.717, 1.165) is 51.4 Å². The molecule has 0 aromatic heterocycles. The van der Waals surface area contributed by atoms with Crippen LogP contribution in [0.2, 0.25) is 0 Å². The second-order valence-electron chi connectivity index (χ2n) is 21.0. The van der Waals surface area contributed by atoms with Gasteiger partial charge in [-0.05, 0) is 64.2 Å². The summed E-state index contributed by atoms with van der Waals surface area (Å²) in [6.07, 6.45) is 73.3. The van der Waals surface area contributed by atoms with E-state index in [2.05, 4.69) is 43.5 Å². The van der Waals surface area contributed by atoms with E-state index < -0.39 is 12.1 Å². The molecule has 2 unspecified atom stereocenters. The van der Waals surface area contributed by atoms with Gasteiger partial charge in [-0.25, -0.2) is 0 Å². The molecule has 0 fully saturated rings. The lowest BCUT2D eigenvalue weighted by atomic mass is 10.0. The van der Waals surface area contributed by atoms with E-state index in [9.17, 15) is 19.8 Å². The number of nitrogens with one attached hydrogen (secondary N) is 1. The lowest BCUT2D eigenvalue weighted by molar-refractivity contribution is -0.143. The maximum Gasteiger partial charge on any atom is 0.305 e. The third kappa shape index (κ3) is 55.2. The minimum absolute atomic E-state index is 0.00642. The molecule has 0 aromatic carbocycles. The highest BCUT2D eigenvalue weighted by Gasteiger charge is 2.18. The Hall–Kier alpha value is -1.92. The van der Waals surface area contributed by atoms with Crippen molar-refractivity contribution in [1.82, 2.24) is 5.32 Å². The van der Waals surface area contributed by atoms with E-state index in [1.807, 2.05) is 6.08 Å². The number of esters is 1. The number of allylic oxidation sites excluding steroid dienone is 5. The maximum absolute atomic E-state index is 12.4. The predicted molar refractivity (Wildman–Crippen MR) is 301 cm³/mol.